The van der Waals surface area contributed by atoms with Crippen molar-refractivity contribution < 1.29 is 4.79 Å². The molecule has 18 heavy (non-hydrogen) atoms. The summed E-state index contributed by atoms with van der Waals surface area (Å²) in [6, 6.07) is 0. The molecule has 0 atom stereocenters. The molecule has 102 valence electrons. The van der Waals surface area contributed by atoms with E-state index >= 15 is 0 Å². The van der Waals surface area contributed by atoms with E-state index in [1.54, 1.807) is 6.20 Å². The zero-order valence-electron chi connectivity index (χ0n) is 11.9. The molecule has 5 heteroatoms. The SMILES string of the molecule is Cn1ccnc1CCNC(=O)C(C)(C)C(C)(C)N. The van der Waals surface area contributed by atoms with Gasteiger partial charge in [0.1, 0.15) is 5.82 Å². The zero-order valence-corrected chi connectivity index (χ0v) is 11.9. The summed E-state index contributed by atoms with van der Waals surface area (Å²) in [5.41, 5.74) is 4.87. The van der Waals surface area contributed by atoms with E-state index in [1.807, 2.05) is 45.5 Å². The molecule has 1 amide bonds. The summed E-state index contributed by atoms with van der Waals surface area (Å²) in [6.07, 6.45) is 4.37. The van der Waals surface area contributed by atoms with Gasteiger partial charge in [0.2, 0.25) is 5.91 Å². The molecule has 0 aliphatic carbocycles. The fourth-order valence-corrected chi connectivity index (χ4v) is 1.44. The average molecular weight is 252 g/mol. The minimum atomic E-state index is -0.603. The van der Waals surface area contributed by atoms with Gasteiger partial charge in [0.15, 0.2) is 0 Å². The van der Waals surface area contributed by atoms with Crippen molar-refractivity contribution in [1.29, 1.82) is 0 Å². The van der Waals surface area contributed by atoms with E-state index in [0.29, 0.717) is 6.54 Å². The number of amides is 1. The number of aromatic nitrogens is 2. The molecule has 0 radical (unpaired) electrons. The standard InChI is InChI=1S/C13H24N4O/c1-12(2,13(3,4)14)11(18)16-7-6-10-15-8-9-17(10)5/h8-9H,6-7,14H2,1-5H3,(H,16,18). The maximum atomic E-state index is 12.1. The van der Waals surface area contributed by atoms with Crippen LogP contribution in [-0.2, 0) is 18.3 Å². The highest BCUT2D eigenvalue weighted by Crippen LogP contribution is 2.28. The molecular formula is C13H24N4O. The van der Waals surface area contributed by atoms with E-state index < -0.39 is 11.0 Å². The third-order valence-electron chi connectivity index (χ3n) is 3.73. The smallest absolute Gasteiger partial charge is 0.227 e. The summed E-state index contributed by atoms with van der Waals surface area (Å²) >= 11 is 0. The number of hydrogen-bond acceptors (Lipinski definition) is 3. The van der Waals surface area contributed by atoms with Gasteiger partial charge >= 0.3 is 0 Å². The van der Waals surface area contributed by atoms with Gasteiger partial charge in [-0.3, -0.25) is 4.79 Å². The van der Waals surface area contributed by atoms with Crippen molar-refractivity contribution in [2.45, 2.75) is 39.7 Å². The van der Waals surface area contributed by atoms with E-state index in [4.69, 9.17) is 5.73 Å². The molecule has 1 aromatic heterocycles. The summed E-state index contributed by atoms with van der Waals surface area (Å²) in [7, 11) is 1.94. The molecule has 0 aliphatic rings. The molecule has 0 aliphatic heterocycles. The van der Waals surface area contributed by atoms with Gasteiger partial charge in [-0.05, 0) is 27.7 Å². The lowest BCUT2D eigenvalue weighted by Crippen LogP contribution is -2.55. The Morgan fingerprint density at radius 3 is 2.50 bits per heavy atom. The fraction of sp³-hybridized carbons (Fsp3) is 0.692. The molecule has 1 heterocycles. The third kappa shape index (κ3) is 3.10. The average Bonchev–Trinajstić information content (AvgIpc) is 2.62. The summed E-state index contributed by atoms with van der Waals surface area (Å²) in [5.74, 6) is 0.935. The van der Waals surface area contributed by atoms with Gasteiger partial charge < -0.3 is 15.6 Å². The van der Waals surface area contributed by atoms with Crippen molar-refractivity contribution in [3.8, 4) is 0 Å². The third-order valence-corrected chi connectivity index (χ3v) is 3.73. The van der Waals surface area contributed by atoms with Gasteiger partial charge in [0, 0.05) is 37.9 Å². The first-order chi connectivity index (χ1) is 8.16. The largest absolute Gasteiger partial charge is 0.355 e. The molecule has 0 fully saturated rings. The lowest BCUT2D eigenvalue weighted by molar-refractivity contribution is -0.132. The number of hydrogen-bond donors (Lipinski definition) is 2. The van der Waals surface area contributed by atoms with Crippen LogP contribution in [0.25, 0.3) is 0 Å². The molecule has 1 aromatic rings. The van der Waals surface area contributed by atoms with Gasteiger partial charge in [-0.1, -0.05) is 0 Å². The Bertz CT molecular complexity index is 415. The van der Waals surface area contributed by atoms with E-state index in [0.717, 1.165) is 12.2 Å². The van der Waals surface area contributed by atoms with Crippen molar-refractivity contribution in [3.05, 3.63) is 18.2 Å². The molecule has 0 spiro atoms. The molecule has 3 N–H and O–H groups in total. The van der Waals surface area contributed by atoms with Crippen molar-refractivity contribution in [2.75, 3.05) is 6.54 Å². The number of carbonyl (C=O) groups is 1. The second kappa shape index (κ2) is 5.10. The predicted octanol–water partition coefficient (Wildman–Crippen LogP) is 0.842. The van der Waals surface area contributed by atoms with Crippen LogP contribution >= 0.6 is 0 Å². The van der Waals surface area contributed by atoms with Gasteiger partial charge in [-0.25, -0.2) is 4.98 Å². The summed E-state index contributed by atoms with van der Waals surface area (Å²) in [5, 5.41) is 2.92. The van der Waals surface area contributed by atoms with Gasteiger partial charge in [0.05, 0.1) is 5.41 Å². The van der Waals surface area contributed by atoms with E-state index in [-0.39, 0.29) is 5.91 Å². The minimum Gasteiger partial charge on any atom is -0.355 e. The topological polar surface area (TPSA) is 72.9 Å². The highest BCUT2D eigenvalue weighted by atomic mass is 16.2. The minimum absolute atomic E-state index is 0.0239. The molecule has 0 aromatic carbocycles. The number of aryl methyl sites for hydroxylation is 1. The van der Waals surface area contributed by atoms with Crippen LogP contribution in [0.1, 0.15) is 33.5 Å². The molecule has 0 unspecified atom stereocenters. The molecular weight excluding hydrogens is 228 g/mol. The van der Waals surface area contributed by atoms with Crippen molar-refractivity contribution >= 4 is 5.91 Å². The Morgan fingerprint density at radius 1 is 1.44 bits per heavy atom. The lowest BCUT2D eigenvalue weighted by Gasteiger charge is -2.36. The highest BCUT2D eigenvalue weighted by Gasteiger charge is 2.40. The van der Waals surface area contributed by atoms with Crippen molar-refractivity contribution in [3.63, 3.8) is 0 Å². The quantitative estimate of drug-likeness (QED) is 0.815. The second-order valence-electron chi connectivity index (χ2n) is 5.81. The molecule has 0 bridgehead atoms. The Balaban J connectivity index is 2.50. The number of imidazole rings is 1. The summed E-state index contributed by atoms with van der Waals surface area (Å²) < 4.78 is 1.95. The van der Waals surface area contributed by atoms with E-state index in [2.05, 4.69) is 10.3 Å². The van der Waals surface area contributed by atoms with Crippen LogP contribution in [0.4, 0.5) is 0 Å². The maximum absolute atomic E-state index is 12.1. The molecule has 5 nitrogen and oxygen atoms in total. The predicted molar refractivity (Wildman–Crippen MR) is 72.0 cm³/mol. The first-order valence-corrected chi connectivity index (χ1v) is 6.19. The number of rotatable bonds is 5. The maximum Gasteiger partial charge on any atom is 0.227 e. The summed E-state index contributed by atoms with van der Waals surface area (Å²) in [6.45, 7) is 8.03. The lowest BCUT2D eigenvalue weighted by atomic mass is 9.74. The summed E-state index contributed by atoms with van der Waals surface area (Å²) in [4.78, 5) is 16.3. The first-order valence-electron chi connectivity index (χ1n) is 6.19. The van der Waals surface area contributed by atoms with Gasteiger partial charge in [0.25, 0.3) is 0 Å². The molecule has 1 rings (SSSR count). The Morgan fingerprint density at radius 2 is 2.06 bits per heavy atom. The molecule has 0 saturated heterocycles. The molecule has 0 saturated carbocycles. The van der Waals surface area contributed by atoms with Gasteiger partial charge in [-0.15, -0.1) is 0 Å². The number of carbonyl (C=O) groups excluding carboxylic acids is 1. The van der Waals surface area contributed by atoms with Crippen LogP contribution in [0.15, 0.2) is 12.4 Å². The zero-order chi connectivity index (χ0) is 14.0. The number of nitrogens with one attached hydrogen (secondary N) is 1. The monoisotopic (exact) mass is 252 g/mol. The van der Waals surface area contributed by atoms with Crippen LogP contribution in [-0.4, -0.2) is 27.5 Å². The van der Waals surface area contributed by atoms with Crippen LogP contribution in [0, 0.1) is 5.41 Å². The Hall–Kier alpha value is -1.36. The fourth-order valence-electron chi connectivity index (χ4n) is 1.44. The van der Waals surface area contributed by atoms with Crippen LogP contribution in [0.2, 0.25) is 0 Å². The second-order valence-corrected chi connectivity index (χ2v) is 5.81. The van der Waals surface area contributed by atoms with Crippen molar-refractivity contribution in [2.24, 2.45) is 18.2 Å². The van der Waals surface area contributed by atoms with Crippen molar-refractivity contribution in [1.82, 2.24) is 14.9 Å². The first kappa shape index (κ1) is 14.7. The normalized spacial score (nSPS) is 12.6. The number of nitrogens with two attached hydrogens (primary N) is 1. The van der Waals surface area contributed by atoms with Crippen LogP contribution < -0.4 is 11.1 Å². The number of nitrogens with zero attached hydrogens (tertiary/aromatic N) is 2. The van der Waals surface area contributed by atoms with Gasteiger partial charge in [-0.2, -0.15) is 0 Å². The van der Waals surface area contributed by atoms with E-state index in [1.165, 1.54) is 0 Å². The van der Waals surface area contributed by atoms with E-state index in [9.17, 15) is 4.79 Å². The Kier molecular flexibility index (Phi) is 4.16. The van der Waals surface area contributed by atoms with Crippen LogP contribution in [0.3, 0.4) is 0 Å². The highest BCUT2D eigenvalue weighted by molar-refractivity contribution is 5.83. The Labute approximate surface area is 109 Å². The van der Waals surface area contributed by atoms with Crippen LogP contribution in [0.5, 0.6) is 0 Å².